The smallest absolute Gasteiger partial charge is 0.237 e. The van der Waals surface area contributed by atoms with E-state index in [0.29, 0.717) is 5.92 Å². The summed E-state index contributed by atoms with van der Waals surface area (Å²) >= 11 is 7.68. The van der Waals surface area contributed by atoms with Crippen LogP contribution in [-0.4, -0.2) is 81.3 Å². The minimum absolute atomic E-state index is 0.161. The second-order valence-corrected chi connectivity index (χ2v) is 13.5. The average molecular weight is 567 g/mol. The largest absolute Gasteiger partial charge is 0.388 e. The Kier molecular flexibility index (Phi) is 9.30. The molecule has 0 aromatic heterocycles. The Morgan fingerprint density at radius 3 is 2.50 bits per heavy atom. The highest BCUT2D eigenvalue weighted by molar-refractivity contribution is 7.99. The Morgan fingerprint density at radius 2 is 1.84 bits per heavy atom. The van der Waals surface area contributed by atoms with Crippen LogP contribution in [0.3, 0.4) is 0 Å². The van der Waals surface area contributed by atoms with Gasteiger partial charge in [-0.3, -0.25) is 4.79 Å². The van der Waals surface area contributed by atoms with E-state index < -0.39 is 41.3 Å². The molecule has 9 heteroatoms. The Bertz CT molecular complexity index is 929. The highest BCUT2D eigenvalue weighted by Gasteiger charge is 2.60. The number of aliphatic hydroxyl groups is 3. The van der Waals surface area contributed by atoms with Gasteiger partial charge in [0.15, 0.2) is 0 Å². The van der Waals surface area contributed by atoms with Gasteiger partial charge in [0.25, 0.3) is 0 Å². The zero-order valence-corrected chi connectivity index (χ0v) is 23.9. The molecule has 5 unspecified atom stereocenters. The van der Waals surface area contributed by atoms with E-state index in [9.17, 15) is 20.1 Å². The molecule has 38 heavy (non-hydrogen) atoms. The van der Waals surface area contributed by atoms with E-state index in [4.69, 9.17) is 16.3 Å². The van der Waals surface area contributed by atoms with E-state index in [1.165, 1.54) is 36.6 Å². The van der Waals surface area contributed by atoms with E-state index in [-0.39, 0.29) is 11.9 Å². The van der Waals surface area contributed by atoms with Crippen LogP contribution in [0.15, 0.2) is 30.3 Å². The lowest BCUT2D eigenvalue weighted by Crippen LogP contribution is -2.65. The minimum Gasteiger partial charge on any atom is -0.388 e. The second kappa shape index (κ2) is 12.3. The molecule has 2 bridgehead atoms. The van der Waals surface area contributed by atoms with E-state index >= 15 is 0 Å². The summed E-state index contributed by atoms with van der Waals surface area (Å²) in [5, 5.41) is 37.0. The van der Waals surface area contributed by atoms with Gasteiger partial charge >= 0.3 is 0 Å². The third kappa shape index (κ3) is 5.65. The summed E-state index contributed by atoms with van der Waals surface area (Å²) < 4.78 is 5.89. The summed E-state index contributed by atoms with van der Waals surface area (Å²) in [4.78, 5) is 13.3. The molecule has 3 saturated carbocycles. The van der Waals surface area contributed by atoms with Crippen molar-refractivity contribution < 1.29 is 24.9 Å². The van der Waals surface area contributed by atoms with Crippen LogP contribution in [-0.2, 0) is 9.53 Å². The minimum atomic E-state index is -1.37. The number of nitrogens with one attached hydrogen (secondary N) is 2. The first-order valence-corrected chi connectivity index (χ1v) is 16.0. The summed E-state index contributed by atoms with van der Waals surface area (Å²) in [5.74, 6) is 3.85. The molecule has 2 aliphatic heterocycles. The van der Waals surface area contributed by atoms with Gasteiger partial charge in [0.05, 0.1) is 17.5 Å². The predicted octanol–water partition coefficient (Wildman–Crippen LogP) is 2.86. The summed E-state index contributed by atoms with van der Waals surface area (Å²) in [5.41, 5.74) is 0.803. The maximum absolute atomic E-state index is 13.3. The van der Waals surface area contributed by atoms with E-state index in [0.717, 1.165) is 49.5 Å². The quantitative estimate of drug-likeness (QED) is 0.292. The SMILES string of the molecule is CSC1O[C@H]([C@H](NC(=O)C2CC[C@H](CCC3C4CC3C4c3ccccc3)CCN2)[C@H](C)Cl)[C@@H](O)C(O)[C@H]1O. The van der Waals surface area contributed by atoms with Crippen molar-refractivity contribution >= 4 is 29.3 Å². The normalized spacial score (nSPS) is 42.2. The van der Waals surface area contributed by atoms with Crippen LogP contribution >= 0.6 is 23.4 Å². The Hall–Kier alpha value is -0.870. The number of aliphatic hydroxyl groups excluding tert-OH is 3. The van der Waals surface area contributed by atoms with Crippen molar-refractivity contribution in [2.45, 2.75) is 98.7 Å². The molecular weight excluding hydrogens is 524 g/mol. The first kappa shape index (κ1) is 28.7. The van der Waals surface area contributed by atoms with E-state index in [1.54, 1.807) is 13.2 Å². The standard InChI is InChI=1S/C29H43ClN2O5S/c1-15(30)23(27-25(34)24(33)26(35)29(37-27)38-2)32-28(36)21-11-9-16(12-13-31-21)8-10-18-19-14-20(18)22(19)17-6-4-3-5-7-17/h3-7,15-16,18-27,29,31,33-35H,8-14H2,1-2H3,(H,32,36)/t15-,16-,18?,19?,20?,21?,22?,23+,24?,25-,26+,27+,29?/m0/s1. The summed E-state index contributed by atoms with van der Waals surface area (Å²) in [6.45, 7) is 2.54. The van der Waals surface area contributed by atoms with Crippen molar-refractivity contribution in [3.63, 3.8) is 0 Å². The van der Waals surface area contributed by atoms with Crippen LogP contribution in [0.4, 0.5) is 0 Å². The maximum Gasteiger partial charge on any atom is 0.237 e. The molecule has 5 N–H and O–H groups in total. The average Bonchev–Trinajstić information content (AvgIpc) is 3.11. The third-order valence-corrected chi connectivity index (χ3v) is 10.9. The third-order valence-electron chi connectivity index (χ3n) is 9.78. The van der Waals surface area contributed by atoms with E-state index in [2.05, 4.69) is 41.0 Å². The molecule has 5 aliphatic rings. The molecule has 6 rings (SSSR count). The molecule has 1 aromatic carbocycles. The fourth-order valence-electron chi connectivity index (χ4n) is 7.32. The van der Waals surface area contributed by atoms with Gasteiger partial charge in [-0.2, -0.15) is 0 Å². The van der Waals surface area contributed by atoms with Gasteiger partial charge in [-0.25, -0.2) is 0 Å². The lowest BCUT2D eigenvalue weighted by atomic mass is 9.39. The molecule has 3 aliphatic carbocycles. The Morgan fingerprint density at radius 1 is 1.11 bits per heavy atom. The zero-order valence-electron chi connectivity index (χ0n) is 22.3. The number of amides is 1. The number of thioether (sulfide) groups is 1. The van der Waals surface area contributed by atoms with Crippen molar-refractivity contribution in [2.75, 3.05) is 12.8 Å². The molecular formula is C29H43ClN2O5S. The molecule has 5 fully saturated rings. The molecule has 2 saturated heterocycles. The van der Waals surface area contributed by atoms with Gasteiger partial charge in [0, 0.05) is 0 Å². The van der Waals surface area contributed by atoms with Gasteiger partial charge in [0.1, 0.15) is 29.9 Å². The molecule has 0 radical (unpaired) electrons. The van der Waals surface area contributed by atoms with Crippen molar-refractivity contribution in [3.05, 3.63) is 35.9 Å². The maximum atomic E-state index is 13.3. The number of alkyl halides is 1. The van der Waals surface area contributed by atoms with Crippen LogP contribution in [0.5, 0.6) is 0 Å². The molecule has 1 amide bonds. The van der Waals surface area contributed by atoms with Crippen LogP contribution < -0.4 is 10.6 Å². The summed E-state index contributed by atoms with van der Waals surface area (Å²) in [6, 6.07) is 9.94. The van der Waals surface area contributed by atoms with Crippen molar-refractivity contribution in [1.29, 1.82) is 0 Å². The highest BCUT2D eigenvalue weighted by atomic mass is 35.5. The first-order valence-electron chi connectivity index (χ1n) is 14.2. The molecule has 2 heterocycles. The number of hydrogen-bond acceptors (Lipinski definition) is 7. The number of halogens is 1. The van der Waals surface area contributed by atoms with Crippen molar-refractivity contribution in [2.24, 2.45) is 23.7 Å². The highest BCUT2D eigenvalue weighted by Crippen LogP contribution is 2.69. The molecule has 212 valence electrons. The first-order chi connectivity index (χ1) is 18.3. The number of carbonyl (C=O) groups is 1. The summed E-state index contributed by atoms with van der Waals surface area (Å²) in [6.07, 6.45) is 3.66. The van der Waals surface area contributed by atoms with Gasteiger partial charge < -0.3 is 30.7 Å². The van der Waals surface area contributed by atoms with E-state index in [1.807, 2.05) is 0 Å². The fraction of sp³-hybridized carbons (Fsp3) is 0.759. The van der Waals surface area contributed by atoms with Gasteiger partial charge in [-0.05, 0) is 87.0 Å². The number of hydrogen-bond donors (Lipinski definition) is 5. The lowest BCUT2D eigenvalue weighted by molar-refractivity contribution is -0.205. The lowest BCUT2D eigenvalue weighted by Gasteiger charge is -2.65. The molecule has 0 spiro atoms. The van der Waals surface area contributed by atoms with Crippen molar-refractivity contribution in [3.8, 4) is 0 Å². The predicted molar refractivity (Wildman–Crippen MR) is 150 cm³/mol. The van der Waals surface area contributed by atoms with Crippen LogP contribution in [0.1, 0.15) is 56.9 Å². The van der Waals surface area contributed by atoms with Gasteiger partial charge in [-0.15, -0.1) is 23.4 Å². The molecule has 7 nitrogen and oxygen atoms in total. The van der Waals surface area contributed by atoms with Crippen LogP contribution in [0, 0.1) is 23.7 Å². The zero-order chi connectivity index (χ0) is 27.0. The Balaban J connectivity index is 1.10. The summed E-state index contributed by atoms with van der Waals surface area (Å²) in [7, 11) is 0. The Labute approximate surface area is 235 Å². The molecule has 1 aromatic rings. The van der Waals surface area contributed by atoms with Crippen LogP contribution in [0.25, 0.3) is 0 Å². The number of carbonyl (C=O) groups excluding carboxylic acids is 1. The second-order valence-electron chi connectivity index (χ2n) is 11.9. The topological polar surface area (TPSA) is 111 Å². The molecule has 11 atom stereocenters. The van der Waals surface area contributed by atoms with Crippen LogP contribution in [0.2, 0.25) is 0 Å². The van der Waals surface area contributed by atoms with Gasteiger partial charge in [-0.1, -0.05) is 36.8 Å². The van der Waals surface area contributed by atoms with Crippen molar-refractivity contribution in [1.82, 2.24) is 10.6 Å². The monoisotopic (exact) mass is 566 g/mol. The number of benzene rings is 1. The number of ether oxygens (including phenoxy) is 1. The number of rotatable bonds is 9. The fourth-order valence-corrected chi connectivity index (χ4v) is 8.21. The van der Waals surface area contributed by atoms with Gasteiger partial charge in [0.2, 0.25) is 5.91 Å².